The lowest BCUT2D eigenvalue weighted by Gasteiger charge is -2.39. The summed E-state index contributed by atoms with van der Waals surface area (Å²) in [6.07, 6.45) is 1.52. The van der Waals surface area contributed by atoms with Crippen LogP contribution in [-0.4, -0.2) is 78.9 Å². The van der Waals surface area contributed by atoms with Gasteiger partial charge in [-0.15, -0.1) is 0 Å². The topological polar surface area (TPSA) is 118 Å². The SMILES string of the molecule is COc1ccc(C(=O)CCCCCC(=O)NC(CN2CC(O)C2)C(O)c2ccc3c(c2)OCCO3)cc1. The van der Waals surface area contributed by atoms with Gasteiger partial charge in [0.2, 0.25) is 5.91 Å². The molecule has 2 atom stereocenters. The molecular formula is C28H36N2O7. The molecule has 2 aromatic carbocycles. The number of Topliss-reactive ketones (excluding diaryl/α,β-unsaturated/α-hetero) is 1. The van der Waals surface area contributed by atoms with Crippen LogP contribution in [0.15, 0.2) is 42.5 Å². The highest BCUT2D eigenvalue weighted by Gasteiger charge is 2.31. The number of amides is 1. The normalized spacial score (nSPS) is 16.9. The second-order valence-electron chi connectivity index (χ2n) is 9.61. The molecule has 1 saturated heterocycles. The van der Waals surface area contributed by atoms with Crippen LogP contribution in [0, 0.1) is 0 Å². The van der Waals surface area contributed by atoms with Crippen molar-refractivity contribution < 1.29 is 34.0 Å². The van der Waals surface area contributed by atoms with Gasteiger partial charge in [-0.3, -0.25) is 14.5 Å². The number of hydrogen-bond donors (Lipinski definition) is 3. The molecular weight excluding hydrogens is 476 g/mol. The number of aliphatic hydroxyl groups is 2. The van der Waals surface area contributed by atoms with E-state index in [0.29, 0.717) is 86.9 Å². The zero-order chi connectivity index (χ0) is 26.2. The molecule has 2 aliphatic rings. The first-order chi connectivity index (χ1) is 17.9. The van der Waals surface area contributed by atoms with Crippen LogP contribution in [0.25, 0.3) is 0 Å². The predicted molar refractivity (Wildman–Crippen MR) is 137 cm³/mol. The summed E-state index contributed by atoms with van der Waals surface area (Å²) in [6, 6.07) is 11.8. The number of nitrogens with one attached hydrogen (secondary N) is 1. The van der Waals surface area contributed by atoms with E-state index in [-0.39, 0.29) is 17.8 Å². The van der Waals surface area contributed by atoms with E-state index in [4.69, 9.17) is 14.2 Å². The summed E-state index contributed by atoms with van der Waals surface area (Å²) in [5.41, 5.74) is 1.29. The molecule has 200 valence electrons. The molecule has 1 fully saturated rings. The van der Waals surface area contributed by atoms with Crippen molar-refractivity contribution in [3.8, 4) is 17.2 Å². The Labute approximate surface area is 217 Å². The molecule has 0 spiro atoms. The van der Waals surface area contributed by atoms with Crippen molar-refractivity contribution in [2.45, 2.75) is 50.4 Å². The predicted octanol–water partition coefficient (Wildman–Crippen LogP) is 2.49. The van der Waals surface area contributed by atoms with Crippen LogP contribution >= 0.6 is 0 Å². The average Bonchev–Trinajstić information content (AvgIpc) is 2.90. The van der Waals surface area contributed by atoms with Gasteiger partial charge in [0, 0.05) is 38.0 Å². The standard InChI is InChI=1S/C28H36N2O7/c1-35-22-10-7-19(8-11-22)24(32)5-3-2-4-6-27(33)29-23(18-30-16-21(31)17-30)28(34)20-9-12-25-26(15-20)37-14-13-36-25/h7-12,15,21,23,28,31,34H,2-6,13-14,16-18H2,1H3,(H,29,33). The second kappa shape index (κ2) is 12.9. The maximum Gasteiger partial charge on any atom is 0.220 e. The van der Waals surface area contributed by atoms with Crippen LogP contribution in [-0.2, 0) is 4.79 Å². The maximum absolute atomic E-state index is 12.7. The number of ether oxygens (including phenoxy) is 3. The minimum atomic E-state index is -0.945. The number of β-amino-alcohol motifs (C(OH)–C–C–N with tert-alkyl or cyclic N) is 1. The summed E-state index contributed by atoms with van der Waals surface area (Å²) in [4.78, 5) is 27.1. The fraction of sp³-hybridized carbons (Fsp3) is 0.500. The van der Waals surface area contributed by atoms with Gasteiger partial charge in [0.05, 0.1) is 19.3 Å². The molecule has 9 nitrogen and oxygen atoms in total. The number of unbranched alkanes of at least 4 members (excludes halogenated alkanes) is 2. The van der Waals surface area contributed by atoms with Crippen LogP contribution in [0.4, 0.5) is 0 Å². The van der Waals surface area contributed by atoms with E-state index in [1.165, 1.54) is 0 Å². The van der Waals surface area contributed by atoms with Crippen LogP contribution in [0.1, 0.15) is 54.1 Å². The number of carbonyl (C=O) groups excluding carboxylic acids is 2. The fourth-order valence-corrected chi connectivity index (χ4v) is 4.62. The maximum atomic E-state index is 12.7. The number of aliphatic hydroxyl groups excluding tert-OH is 2. The van der Waals surface area contributed by atoms with Crippen LogP contribution in [0.3, 0.4) is 0 Å². The van der Waals surface area contributed by atoms with Crippen LogP contribution in [0.2, 0.25) is 0 Å². The van der Waals surface area contributed by atoms with Gasteiger partial charge in [-0.2, -0.15) is 0 Å². The monoisotopic (exact) mass is 512 g/mol. The first-order valence-corrected chi connectivity index (χ1v) is 12.9. The number of rotatable bonds is 13. The van der Waals surface area contributed by atoms with Gasteiger partial charge in [0.25, 0.3) is 0 Å². The zero-order valence-electron chi connectivity index (χ0n) is 21.2. The Kier molecular flexibility index (Phi) is 9.38. The Balaban J connectivity index is 1.25. The molecule has 0 aromatic heterocycles. The van der Waals surface area contributed by atoms with Gasteiger partial charge in [-0.05, 0) is 54.8 Å². The molecule has 2 aromatic rings. The first-order valence-electron chi connectivity index (χ1n) is 12.9. The van der Waals surface area contributed by atoms with Gasteiger partial charge in [0.1, 0.15) is 25.1 Å². The highest BCUT2D eigenvalue weighted by Crippen LogP contribution is 2.33. The highest BCUT2D eigenvalue weighted by atomic mass is 16.6. The summed E-state index contributed by atoms with van der Waals surface area (Å²) in [7, 11) is 1.59. The Morgan fingerprint density at radius 1 is 1.03 bits per heavy atom. The Morgan fingerprint density at radius 2 is 1.73 bits per heavy atom. The van der Waals surface area contributed by atoms with Gasteiger partial charge in [-0.1, -0.05) is 12.5 Å². The van der Waals surface area contributed by atoms with Gasteiger partial charge in [-0.25, -0.2) is 0 Å². The summed E-state index contributed by atoms with van der Waals surface area (Å²) in [5, 5.41) is 23.8. The molecule has 2 aliphatic heterocycles. The van der Waals surface area contributed by atoms with Crippen molar-refractivity contribution in [1.29, 1.82) is 0 Å². The summed E-state index contributed by atoms with van der Waals surface area (Å²) in [6.45, 7) is 2.39. The lowest BCUT2D eigenvalue weighted by molar-refractivity contribution is -0.123. The minimum absolute atomic E-state index is 0.0754. The highest BCUT2D eigenvalue weighted by molar-refractivity contribution is 5.96. The Morgan fingerprint density at radius 3 is 2.43 bits per heavy atom. The molecule has 2 unspecified atom stereocenters. The number of fused-ring (bicyclic) bond motifs is 1. The van der Waals surface area contributed by atoms with Crippen molar-refractivity contribution >= 4 is 11.7 Å². The van der Waals surface area contributed by atoms with Crippen molar-refractivity contribution in [1.82, 2.24) is 10.2 Å². The average molecular weight is 513 g/mol. The van der Waals surface area contributed by atoms with E-state index >= 15 is 0 Å². The molecule has 0 radical (unpaired) electrons. The smallest absolute Gasteiger partial charge is 0.220 e. The number of hydrogen-bond acceptors (Lipinski definition) is 8. The lowest BCUT2D eigenvalue weighted by Crippen LogP contribution is -2.56. The van der Waals surface area contributed by atoms with Crippen molar-refractivity contribution in [2.75, 3.05) is 40.0 Å². The van der Waals surface area contributed by atoms with E-state index in [0.717, 1.165) is 6.42 Å². The summed E-state index contributed by atoms with van der Waals surface area (Å²) < 4.78 is 16.3. The van der Waals surface area contributed by atoms with Crippen LogP contribution in [0.5, 0.6) is 17.2 Å². The molecule has 3 N–H and O–H groups in total. The van der Waals surface area contributed by atoms with E-state index < -0.39 is 12.1 Å². The van der Waals surface area contributed by atoms with Gasteiger partial charge >= 0.3 is 0 Å². The number of methoxy groups -OCH3 is 1. The largest absolute Gasteiger partial charge is 0.497 e. The van der Waals surface area contributed by atoms with E-state index in [2.05, 4.69) is 5.32 Å². The fourth-order valence-electron chi connectivity index (χ4n) is 4.62. The first kappa shape index (κ1) is 26.9. The number of benzene rings is 2. The number of ketones is 1. The molecule has 0 aliphatic carbocycles. The molecule has 1 amide bonds. The summed E-state index contributed by atoms with van der Waals surface area (Å²) in [5.74, 6) is 1.86. The molecule has 0 bridgehead atoms. The second-order valence-corrected chi connectivity index (χ2v) is 9.61. The third kappa shape index (κ3) is 7.44. The molecule has 0 saturated carbocycles. The minimum Gasteiger partial charge on any atom is -0.497 e. The van der Waals surface area contributed by atoms with E-state index in [1.807, 2.05) is 4.90 Å². The zero-order valence-corrected chi connectivity index (χ0v) is 21.2. The Hall–Kier alpha value is -3.14. The number of nitrogens with zero attached hydrogens (tertiary/aromatic N) is 1. The van der Waals surface area contributed by atoms with Gasteiger partial charge in [0.15, 0.2) is 17.3 Å². The molecule has 37 heavy (non-hydrogen) atoms. The van der Waals surface area contributed by atoms with Crippen LogP contribution < -0.4 is 19.5 Å². The quantitative estimate of drug-likeness (QED) is 0.277. The van der Waals surface area contributed by atoms with E-state index in [9.17, 15) is 19.8 Å². The molecule has 4 rings (SSSR count). The van der Waals surface area contributed by atoms with Crippen molar-refractivity contribution in [3.05, 3.63) is 53.6 Å². The Bertz CT molecular complexity index is 1050. The van der Waals surface area contributed by atoms with E-state index in [1.54, 1.807) is 49.6 Å². The molecule has 9 heteroatoms. The summed E-state index contributed by atoms with van der Waals surface area (Å²) >= 11 is 0. The van der Waals surface area contributed by atoms with Crippen molar-refractivity contribution in [2.24, 2.45) is 0 Å². The third-order valence-corrected chi connectivity index (χ3v) is 6.75. The lowest BCUT2D eigenvalue weighted by atomic mass is 9.99. The molecule has 2 heterocycles. The number of likely N-dealkylation sites (tertiary alicyclic amines) is 1. The third-order valence-electron chi connectivity index (χ3n) is 6.75. The van der Waals surface area contributed by atoms with Crippen molar-refractivity contribution in [3.63, 3.8) is 0 Å². The van der Waals surface area contributed by atoms with Gasteiger partial charge < -0.3 is 29.7 Å². The number of carbonyl (C=O) groups is 2.